The highest BCUT2D eigenvalue weighted by molar-refractivity contribution is 6.06. The Bertz CT molecular complexity index is 1490. The molecule has 1 saturated heterocycles. The molecule has 38 heavy (non-hydrogen) atoms. The van der Waals surface area contributed by atoms with Crippen LogP contribution < -0.4 is 4.90 Å². The third-order valence-electron chi connectivity index (χ3n) is 8.32. The highest BCUT2D eigenvalue weighted by Crippen LogP contribution is 2.62. The molecule has 1 amide bonds. The third-order valence-corrected chi connectivity index (χ3v) is 8.32. The van der Waals surface area contributed by atoms with Crippen molar-refractivity contribution in [1.29, 1.82) is 0 Å². The summed E-state index contributed by atoms with van der Waals surface area (Å²) in [5, 5.41) is 32.6. The van der Waals surface area contributed by atoms with E-state index in [1.165, 1.54) is 12.1 Å². The van der Waals surface area contributed by atoms with E-state index in [1.54, 1.807) is 41.3 Å². The summed E-state index contributed by atoms with van der Waals surface area (Å²) in [7, 11) is 0. The smallest absolute Gasteiger partial charge is 0.236 e. The Morgan fingerprint density at radius 1 is 0.763 bits per heavy atom. The average molecular weight is 510 g/mol. The molecule has 0 bridgehead atoms. The molecule has 1 aliphatic carbocycles. The van der Waals surface area contributed by atoms with Crippen LogP contribution in [0.3, 0.4) is 0 Å². The molecule has 1 atom stereocenters. The fourth-order valence-corrected chi connectivity index (χ4v) is 6.23. The number of phenolic OH excluding ortho intramolecular Hbond substituents is 2. The number of anilines is 1. The molecule has 1 saturated carbocycles. The number of hydrogen-bond acceptors (Lipinski definition) is 4. The van der Waals surface area contributed by atoms with Gasteiger partial charge in [0.15, 0.2) is 0 Å². The number of phenols is 2. The van der Waals surface area contributed by atoms with Crippen molar-refractivity contribution in [2.24, 2.45) is 5.41 Å². The maximum atomic E-state index is 13.8. The zero-order chi connectivity index (χ0) is 26.5. The minimum atomic E-state index is -1.02. The Morgan fingerprint density at radius 3 is 2.11 bits per heavy atom. The van der Waals surface area contributed by atoms with Gasteiger partial charge in [0.1, 0.15) is 17.3 Å². The van der Waals surface area contributed by atoms with E-state index in [4.69, 9.17) is 0 Å². The summed E-state index contributed by atoms with van der Waals surface area (Å²) >= 11 is 0. The molecule has 2 fully saturated rings. The lowest BCUT2D eigenvalue weighted by Crippen LogP contribution is -2.65. The van der Waals surface area contributed by atoms with Gasteiger partial charge in [0.2, 0.25) is 5.91 Å². The number of β-lactam (4-membered cyclic amide) rings is 1. The van der Waals surface area contributed by atoms with Gasteiger partial charge in [-0.25, -0.2) is 4.39 Å². The molecule has 6 heteroatoms. The van der Waals surface area contributed by atoms with E-state index in [2.05, 4.69) is 0 Å². The van der Waals surface area contributed by atoms with Crippen LogP contribution in [0.15, 0.2) is 97.1 Å². The first-order chi connectivity index (χ1) is 18.3. The second-order valence-electron chi connectivity index (χ2n) is 10.4. The summed E-state index contributed by atoms with van der Waals surface area (Å²) in [6, 6.07) is 27.0. The second-order valence-corrected chi connectivity index (χ2v) is 10.4. The first-order valence-electron chi connectivity index (χ1n) is 12.8. The van der Waals surface area contributed by atoms with E-state index in [0.717, 1.165) is 16.7 Å². The molecule has 1 aliphatic heterocycles. The Balaban J connectivity index is 1.38. The van der Waals surface area contributed by atoms with Crippen LogP contribution >= 0.6 is 0 Å². The first-order valence-corrected chi connectivity index (χ1v) is 12.8. The van der Waals surface area contributed by atoms with Gasteiger partial charge in [0.25, 0.3) is 0 Å². The van der Waals surface area contributed by atoms with Crippen LogP contribution in [0.1, 0.15) is 42.9 Å². The van der Waals surface area contributed by atoms with Crippen molar-refractivity contribution in [2.75, 3.05) is 4.90 Å². The molecule has 6 rings (SSSR count). The number of amides is 1. The average Bonchev–Trinajstić information content (AvgIpc) is 2.93. The molecule has 4 aromatic carbocycles. The zero-order valence-corrected chi connectivity index (χ0v) is 20.7. The monoisotopic (exact) mass is 509 g/mol. The fourth-order valence-electron chi connectivity index (χ4n) is 6.23. The fraction of sp³-hybridized carbons (Fsp3) is 0.219. The summed E-state index contributed by atoms with van der Waals surface area (Å²) in [5.41, 5.74) is 1.68. The van der Waals surface area contributed by atoms with Crippen LogP contribution in [-0.4, -0.2) is 21.2 Å². The number of aliphatic hydroxyl groups is 1. The summed E-state index contributed by atoms with van der Waals surface area (Å²) in [4.78, 5) is 15.5. The van der Waals surface area contributed by atoms with Crippen molar-refractivity contribution in [3.05, 3.63) is 114 Å². The van der Waals surface area contributed by atoms with Gasteiger partial charge in [0, 0.05) is 11.3 Å². The number of nitrogens with zero attached hydrogens (tertiary/aromatic N) is 1. The Kier molecular flexibility index (Phi) is 5.73. The number of carbonyl (C=O) groups is 1. The van der Waals surface area contributed by atoms with Crippen molar-refractivity contribution in [3.8, 4) is 22.6 Å². The van der Waals surface area contributed by atoms with Crippen LogP contribution in [-0.2, 0) is 10.4 Å². The van der Waals surface area contributed by atoms with E-state index in [1.807, 2.05) is 48.5 Å². The van der Waals surface area contributed by atoms with Crippen molar-refractivity contribution < 1.29 is 24.5 Å². The van der Waals surface area contributed by atoms with Gasteiger partial charge in [-0.2, -0.15) is 0 Å². The van der Waals surface area contributed by atoms with Crippen LogP contribution in [0.5, 0.6) is 11.5 Å². The SMILES string of the molecule is O=C1N(c2ccc(F)cc2)[C@H](c2ccc(-c3cccc(O)c3)cc2O)C12CCC(O)(c1ccccc1)CC2. The van der Waals surface area contributed by atoms with Gasteiger partial charge in [-0.3, -0.25) is 4.79 Å². The molecular weight excluding hydrogens is 481 g/mol. The molecule has 0 aromatic heterocycles. The minimum absolute atomic E-state index is 0.0405. The number of halogens is 1. The Labute approximate surface area is 220 Å². The Morgan fingerprint density at radius 2 is 1.45 bits per heavy atom. The van der Waals surface area contributed by atoms with Gasteiger partial charge in [-0.05, 0) is 84.8 Å². The minimum Gasteiger partial charge on any atom is -0.508 e. The maximum Gasteiger partial charge on any atom is 0.236 e. The molecule has 3 N–H and O–H groups in total. The highest BCUT2D eigenvalue weighted by Gasteiger charge is 2.64. The van der Waals surface area contributed by atoms with Gasteiger partial charge >= 0.3 is 0 Å². The van der Waals surface area contributed by atoms with E-state index in [0.29, 0.717) is 36.9 Å². The molecule has 2 aliphatic rings. The predicted molar refractivity (Wildman–Crippen MR) is 143 cm³/mol. The summed E-state index contributed by atoms with van der Waals surface area (Å²) < 4.78 is 13.7. The summed E-state index contributed by atoms with van der Waals surface area (Å²) in [5.74, 6) is -0.304. The first kappa shape index (κ1) is 24.2. The molecule has 0 radical (unpaired) electrons. The standard InChI is InChI=1S/C32H28FNO4/c33-24-10-12-25(13-11-24)34-29(27-14-9-22(20-28(27)36)21-5-4-8-26(35)19-21)31(30(34)37)15-17-32(38,18-16-31)23-6-2-1-3-7-23/h1-14,19-20,29,35-36,38H,15-18H2/t29-,31?,32?/m1/s1. The molecule has 4 aromatic rings. The van der Waals surface area contributed by atoms with Crippen LogP contribution in [0.25, 0.3) is 11.1 Å². The largest absolute Gasteiger partial charge is 0.508 e. The molecule has 1 spiro atoms. The summed E-state index contributed by atoms with van der Waals surface area (Å²) in [6.45, 7) is 0. The number of rotatable bonds is 4. The number of carbonyl (C=O) groups excluding carboxylic acids is 1. The van der Waals surface area contributed by atoms with Gasteiger partial charge in [-0.15, -0.1) is 0 Å². The Hall–Kier alpha value is -4.16. The van der Waals surface area contributed by atoms with Crippen molar-refractivity contribution in [3.63, 3.8) is 0 Å². The lowest BCUT2D eigenvalue weighted by Gasteiger charge is -2.59. The van der Waals surface area contributed by atoms with E-state index in [9.17, 15) is 24.5 Å². The van der Waals surface area contributed by atoms with Crippen molar-refractivity contribution >= 4 is 11.6 Å². The third kappa shape index (κ3) is 3.84. The van der Waals surface area contributed by atoms with Crippen molar-refractivity contribution in [2.45, 2.75) is 37.3 Å². The predicted octanol–water partition coefficient (Wildman–Crippen LogP) is 6.44. The maximum absolute atomic E-state index is 13.8. The number of hydrogen-bond donors (Lipinski definition) is 3. The topological polar surface area (TPSA) is 81.0 Å². The van der Waals surface area contributed by atoms with Gasteiger partial charge in [-0.1, -0.05) is 54.6 Å². The second kappa shape index (κ2) is 8.99. The lowest BCUT2D eigenvalue weighted by molar-refractivity contribution is -0.149. The number of aromatic hydroxyl groups is 2. The van der Waals surface area contributed by atoms with Crippen LogP contribution in [0.2, 0.25) is 0 Å². The molecule has 0 unspecified atom stereocenters. The highest BCUT2D eigenvalue weighted by atomic mass is 19.1. The number of benzene rings is 4. The molecule has 192 valence electrons. The molecular formula is C32H28FNO4. The normalized spacial score (nSPS) is 24.8. The van der Waals surface area contributed by atoms with Gasteiger partial charge in [0.05, 0.1) is 17.1 Å². The zero-order valence-electron chi connectivity index (χ0n) is 20.7. The van der Waals surface area contributed by atoms with Crippen LogP contribution in [0.4, 0.5) is 10.1 Å². The van der Waals surface area contributed by atoms with Gasteiger partial charge < -0.3 is 20.2 Å². The van der Waals surface area contributed by atoms with E-state index >= 15 is 0 Å². The lowest BCUT2D eigenvalue weighted by atomic mass is 9.56. The van der Waals surface area contributed by atoms with E-state index < -0.39 is 22.9 Å². The van der Waals surface area contributed by atoms with Crippen LogP contribution in [0, 0.1) is 11.2 Å². The molecule has 1 heterocycles. The molecule has 5 nitrogen and oxygen atoms in total. The quantitative estimate of drug-likeness (QED) is 0.277. The summed E-state index contributed by atoms with van der Waals surface area (Å²) in [6.07, 6.45) is 1.73. The van der Waals surface area contributed by atoms with Crippen molar-refractivity contribution in [1.82, 2.24) is 0 Å². The van der Waals surface area contributed by atoms with E-state index in [-0.39, 0.29) is 17.4 Å².